The van der Waals surface area contributed by atoms with Crippen molar-refractivity contribution in [2.24, 2.45) is 11.8 Å². The first kappa shape index (κ1) is 20.9. The number of esters is 1. The summed E-state index contributed by atoms with van der Waals surface area (Å²) in [4.78, 5) is 11.9. The minimum absolute atomic E-state index is 0.117. The second kappa shape index (κ2) is 10.7. The van der Waals surface area contributed by atoms with E-state index in [1.165, 1.54) is 0 Å². The van der Waals surface area contributed by atoms with Gasteiger partial charge in [-0.15, -0.1) is 0 Å². The molecule has 0 aromatic heterocycles. The highest BCUT2D eigenvalue weighted by Crippen LogP contribution is 2.46. The molecule has 5 heteroatoms. The molecule has 0 aliphatic carbocycles. The number of carbonyl (C=O) groups is 1. The first-order chi connectivity index (χ1) is 11.3. The maximum Gasteiger partial charge on any atom is 0.306 e. The Morgan fingerprint density at radius 1 is 1.00 bits per heavy atom. The molecular weight excluding hydrogens is 323 g/mol. The fourth-order valence-corrected chi connectivity index (χ4v) is 4.12. The Hall–Kier alpha value is -1.12. The normalized spacial score (nSPS) is 13.9. The van der Waals surface area contributed by atoms with E-state index >= 15 is 0 Å². The lowest BCUT2D eigenvalue weighted by atomic mass is 10.1. The third kappa shape index (κ3) is 8.12. The molecule has 0 aliphatic rings. The molecule has 0 bridgehead atoms. The van der Waals surface area contributed by atoms with Gasteiger partial charge < -0.3 is 9.26 Å². The summed E-state index contributed by atoms with van der Waals surface area (Å²) in [6.45, 7) is 9.22. The summed E-state index contributed by atoms with van der Waals surface area (Å²) in [5, 5.41) is 0.670. The standard InChI is InChI=1S/C19H31O4P/c1-16(2)10-13-22-19(20)12-15-24(21,23-14-11-17(3)4)18-8-6-5-7-9-18/h5-9,16-17H,10-15H2,1-4H3. The van der Waals surface area contributed by atoms with Gasteiger partial charge >= 0.3 is 5.97 Å². The molecule has 0 saturated carbocycles. The van der Waals surface area contributed by atoms with Gasteiger partial charge in [0, 0.05) is 11.5 Å². The van der Waals surface area contributed by atoms with Crippen molar-refractivity contribution in [3.05, 3.63) is 30.3 Å². The Morgan fingerprint density at radius 3 is 2.17 bits per heavy atom. The largest absolute Gasteiger partial charge is 0.466 e. The third-order valence-corrected chi connectivity index (χ3v) is 6.21. The van der Waals surface area contributed by atoms with Crippen molar-refractivity contribution < 1.29 is 18.6 Å². The lowest BCUT2D eigenvalue weighted by molar-refractivity contribution is -0.143. The monoisotopic (exact) mass is 354 g/mol. The minimum Gasteiger partial charge on any atom is -0.466 e. The van der Waals surface area contributed by atoms with Crippen LogP contribution in [0.3, 0.4) is 0 Å². The topological polar surface area (TPSA) is 52.6 Å². The second-order valence-electron chi connectivity index (χ2n) is 6.90. The van der Waals surface area contributed by atoms with Crippen LogP contribution in [-0.2, 0) is 18.6 Å². The molecule has 1 rings (SSSR count). The molecule has 24 heavy (non-hydrogen) atoms. The van der Waals surface area contributed by atoms with Crippen LogP contribution >= 0.6 is 7.37 Å². The Morgan fingerprint density at radius 2 is 1.58 bits per heavy atom. The van der Waals surface area contributed by atoms with E-state index in [9.17, 15) is 9.36 Å². The van der Waals surface area contributed by atoms with E-state index in [0.29, 0.717) is 30.4 Å². The molecule has 1 aromatic rings. The van der Waals surface area contributed by atoms with E-state index in [4.69, 9.17) is 9.26 Å². The van der Waals surface area contributed by atoms with Crippen molar-refractivity contribution in [2.45, 2.75) is 47.0 Å². The molecule has 1 aromatic carbocycles. The van der Waals surface area contributed by atoms with Crippen LogP contribution in [0, 0.1) is 11.8 Å². The summed E-state index contributed by atoms with van der Waals surface area (Å²) < 4.78 is 24.2. The van der Waals surface area contributed by atoms with E-state index in [-0.39, 0.29) is 18.6 Å². The highest BCUT2D eigenvalue weighted by atomic mass is 31.2. The van der Waals surface area contributed by atoms with E-state index in [1.54, 1.807) is 12.1 Å². The first-order valence-corrected chi connectivity index (χ1v) is 10.6. The summed E-state index contributed by atoms with van der Waals surface area (Å²) in [7, 11) is -3.03. The lowest BCUT2D eigenvalue weighted by Gasteiger charge is -2.19. The van der Waals surface area contributed by atoms with Crippen molar-refractivity contribution in [1.82, 2.24) is 0 Å². The van der Waals surface area contributed by atoms with Crippen molar-refractivity contribution in [3.63, 3.8) is 0 Å². The van der Waals surface area contributed by atoms with Gasteiger partial charge in [0.25, 0.3) is 0 Å². The minimum atomic E-state index is -3.03. The van der Waals surface area contributed by atoms with Gasteiger partial charge in [0.1, 0.15) is 0 Å². The predicted octanol–water partition coefficient (Wildman–Crippen LogP) is 4.63. The Kier molecular flexibility index (Phi) is 9.31. The average molecular weight is 354 g/mol. The molecule has 1 unspecified atom stereocenters. The summed E-state index contributed by atoms with van der Waals surface area (Å²) in [5.74, 6) is 0.669. The SMILES string of the molecule is CC(C)CCOC(=O)CCP(=O)(OCCC(C)C)c1ccccc1. The zero-order valence-electron chi connectivity index (χ0n) is 15.4. The fraction of sp³-hybridized carbons (Fsp3) is 0.632. The van der Waals surface area contributed by atoms with E-state index in [0.717, 1.165) is 12.8 Å². The van der Waals surface area contributed by atoms with Crippen molar-refractivity contribution in [1.29, 1.82) is 0 Å². The number of hydrogen-bond donors (Lipinski definition) is 0. The highest BCUT2D eigenvalue weighted by molar-refractivity contribution is 7.67. The average Bonchev–Trinajstić information content (AvgIpc) is 2.53. The molecule has 0 aliphatic heterocycles. The van der Waals surface area contributed by atoms with Gasteiger partial charge in [0.05, 0.1) is 19.6 Å². The van der Waals surface area contributed by atoms with Crippen LogP contribution in [0.25, 0.3) is 0 Å². The lowest BCUT2D eigenvalue weighted by Crippen LogP contribution is -2.15. The summed E-state index contributed by atoms with van der Waals surface area (Å²) >= 11 is 0. The van der Waals surface area contributed by atoms with E-state index < -0.39 is 7.37 Å². The van der Waals surface area contributed by atoms with Crippen LogP contribution in [0.5, 0.6) is 0 Å². The van der Waals surface area contributed by atoms with Crippen LogP contribution in [0.2, 0.25) is 0 Å². The first-order valence-electron chi connectivity index (χ1n) is 8.78. The van der Waals surface area contributed by atoms with Gasteiger partial charge in [-0.1, -0.05) is 45.9 Å². The molecule has 0 N–H and O–H groups in total. The highest BCUT2D eigenvalue weighted by Gasteiger charge is 2.27. The molecule has 0 heterocycles. The molecule has 0 fully saturated rings. The second-order valence-corrected chi connectivity index (χ2v) is 9.47. The van der Waals surface area contributed by atoms with Crippen LogP contribution < -0.4 is 5.30 Å². The van der Waals surface area contributed by atoms with Crippen LogP contribution in [0.4, 0.5) is 0 Å². The molecule has 4 nitrogen and oxygen atoms in total. The molecule has 0 amide bonds. The van der Waals surface area contributed by atoms with Crippen LogP contribution in [-0.4, -0.2) is 25.3 Å². The Labute approximate surface area is 146 Å². The molecule has 136 valence electrons. The number of carbonyl (C=O) groups excluding carboxylic acids is 1. The third-order valence-electron chi connectivity index (χ3n) is 3.71. The van der Waals surface area contributed by atoms with Gasteiger partial charge in [-0.25, -0.2) is 0 Å². The van der Waals surface area contributed by atoms with Crippen molar-refractivity contribution in [3.8, 4) is 0 Å². The summed E-state index contributed by atoms with van der Waals surface area (Å²) in [6.07, 6.45) is 1.99. The number of rotatable bonds is 11. The molecule has 0 radical (unpaired) electrons. The predicted molar refractivity (Wildman–Crippen MR) is 99.0 cm³/mol. The molecule has 0 spiro atoms. The summed E-state index contributed by atoms with van der Waals surface area (Å²) in [6, 6.07) is 9.17. The van der Waals surface area contributed by atoms with Gasteiger partial charge in [0.2, 0.25) is 7.37 Å². The van der Waals surface area contributed by atoms with Crippen LogP contribution in [0.1, 0.15) is 47.0 Å². The Balaban J connectivity index is 2.62. The van der Waals surface area contributed by atoms with E-state index in [2.05, 4.69) is 27.7 Å². The zero-order valence-corrected chi connectivity index (χ0v) is 16.3. The fourth-order valence-electron chi connectivity index (χ4n) is 2.08. The maximum atomic E-state index is 13.3. The Bertz CT molecular complexity index is 525. The number of ether oxygens (including phenoxy) is 1. The zero-order chi connectivity index (χ0) is 18.0. The molecular formula is C19H31O4P. The van der Waals surface area contributed by atoms with E-state index in [1.807, 2.05) is 18.2 Å². The van der Waals surface area contributed by atoms with Gasteiger partial charge in [-0.3, -0.25) is 9.36 Å². The molecule has 0 saturated heterocycles. The van der Waals surface area contributed by atoms with Gasteiger partial charge in [-0.05, 0) is 36.8 Å². The van der Waals surface area contributed by atoms with Gasteiger partial charge in [-0.2, -0.15) is 0 Å². The number of benzene rings is 1. The molecule has 1 atom stereocenters. The van der Waals surface area contributed by atoms with Crippen molar-refractivity contribution in [2.75, 3.05) is 19.4 Å². The summed E-state index contributed by atoms with van der Waals surface area (Å²) in [5.41, 5.74) is 0. The smallest absolute Gasteiger partial charge is 0.306 e. The van der Waals surface area contributed by atoms with Gasteiger partial charge in [0.15, 0.2) is 0 Å². The maximum absolute atomic E-state index is 13.3. The van der Waals surface area contributed by atoms with Crippen LogP contribution in [0.15, 0.2) is 30.3 Å². The number of hydrogen-bond acceptors (Lipinski definition) is 4. The quantitative estimate of drug-likeness (QED) is 0.429. The van der Waals surface area contributed by atoms with Crippen molar-refractivity contribution >= 4 is 18.6 Å².